The number of amides is 1. The summed E-state index contributed by atoms with van der Waals surface area (Å²) in [5.41, 5.74) is 2.23. The molecule has 4 rings (SSSR count). The van der Waals surface area contributed by atoms with E-state index in [1.54, 1.807) is 10.9 Å². The maximum absolute atomic E-state index is 13.1. The third-order valence-corrected chi connectivity index (χ3v) is 4.31. The van der Waals surface area contributed by atoms with Crippen LogP contribution in [0.5, 0.6) is 0 Å². The molecule has 0 bridgehead atoms. The lowest BCUT2D eigenvalue weighted by Gasteiger charge is -2.24. The van der Waals surface area contributed by atoms with Crippen LogP contribution >= 0.6 is 0 Å². The first-order chi connectivity index (χ1) is 11.8. The highest BCUT2D eigenvalue weighted by atomic mass is 16.2. The molecule has 0 radical (unpaired) electrons. The number of carbonyl (C=O) groups is 1. The zero-order valence-electron chi connectivity index (χ0n) is 13.1. The van der Waals surface area contributed by atoms with Crippen LogP contribution in [0, 0.1) is 0 Å². The van der Waals surface area contributed by atoms with E-state index in [9.17, 15) is 4.79 Å². The molecular formula is C18H17N5O. The van der Waals surface area contributed by atoms with Gasteiger partial charge in [0, 0.05) is 12.7 Å². The Labute approximate surface area is 139 Å². The summed E-state index contributed by atoms with van der Waals surface area (Å²) in [6.45, 7) is 0.722. The fraction of sp³-hybridized carbons (Fsp3) is 0.222. The molecule has 3 heterocycles. The first-order valence-electron chi connectivity index (χ1n) is 8.02. The van der Waals surface area contributed by atoms with E-state index in [-0.39, 0.29) is 11.9 Å². The molecule has 0 spiro atoms. The van der Waals surface area contributed by atoms with Crippen molar-refractivity contribution in [2.24, 2.45) is 0 Å². The van der Waals surface area contributed by atoms with Crippen LogP contribution in [0.3, 0.4) is 0 Å². The predicted octanol–water partition coefficient (Wildman–Crippen LogP) is 2.64. The molecule has 6 heteroatoms. The maximum Gasteiger partial charge on any atom is 0.274 e. The molecule has 1 aromatic carbocycles. The minimum Gasteiger partial charge on any atom is -0.329 e. The molecule has 1 atom stereocenters. The summed E-state index contributed by atoms with van der Waals surface area (Å²) in [6.07, 6.45) is 5.20. The summed E-state index contributed by atoms with van der Waals surface area (Å²) in [4.78, 5) is 19.4. The van der Waals surface area contributed by atoms with Crippen LogP contribution in [0.1, 0.15) is 35.1 Å². The van der Waals surface area contributed by atoms with E-state index in [0.717, 1.165) is 30.8 Å². The molecule has 1 fully saturated rings. The van der Waals surface area contributed by atoms with Gasteiger partial charge in [-0.25, -0.2) is 4.68 Å². The molecule has 2 aromatic heterocycles. The van der Waals surface area contributed by atoms with Gasteiger partial charge in [0.15, 0.2) is 5.69 Å². The van der Waals surface area contributed by atoms with E-state index in [4.69, 9.17) is 0 Å². The zero-order valence-corrected chi connectivity index (χ0v) is 13.1. The van der Waals surface area contributed by atoms with Gasteiger partial charge in [-0.3, -0.25) is 9.78 Å². The molecule has 24 heavy (non-hydrogen) atoms. The lowest BCUT2D eigenvalue weighted by Crippen LogP contribution is -2.32. The van der Waals surface area contributed by atoms with E-state index >= 15 is 0 Å². The first-order valence-corrected chi connectivity index (χ1v) is 8.02. The van der Waals surface area contributed by atoms with Crippen molar-refractivity contribution in [3.05, 3.63) is 72.3 Å². The molecule has 0 aliphatic carbocycles. The van der Waals surface area contributed by atoms with E-state index in [0.29, 0.717) is 5.69 Å². The number of hydrogen-bond donors (Lipinski definition) is 0. The Bertz CT molecular complexity index is 831. The van der Waals surface area contributed by atoms with Crippen molar-refractivity contribution in [3.63, 3.8) is 0 Å². The maximum atomic E-state index is 13.1. The molecule has 1 amide bonds. The second-order valence-corrected chi connectivity index (χ2v) is 5.78. The molecule has 1 unspecified atom stereocenters. The number of para-hydroxylation sites is 1. The average Bonchev–Trinajstić information content (AvgIpc) is 3.32. The monoisotopic (exact) mass is 319 g/mol. The van der Waals surface area contributed by atoms with Crippen molar-refractivity contribution in [3.8, 4) is 5.69 Å². The van der Waals surface area contributed by atoms with Crippen molar-refractivity contribution in [2.75, 3.05) is 6.54 Å². The second-order valence-electron chi connectivity index (χ2n) is 5.78. The highest BCUT2D eigenvalue weighted by molar-refractivity contribution is 5.93. The Balaban J connectivity index is 1.66. The van der Waals surface area contributed by atoms with E-state index in [1.807, 2.05) is 53.4 Å². The summed E-state index contributed by atoms with van der Waals surface area (Å²) in [5, 5.41) is 8.02. The summed E-state index contributed by atoms with van der Waals surface area (Å²) >= 11 is 0. The normalized spacial score (nSPS) is 17.2. The van der Waals surface area contributed by atoms with Gasteiger partial charge in [0.1, 0.15) is 0 Å². The van der Waals surface area contributed by atoms with Crippen molar-refractivity contribution in [2.45, 2.75) is 18.9 Å². The van der Waals surface area contributed by atoms with Crippen LogP contribution in [0.2, 0.25) is 0 Å². The summed E-state index contributed by atoms with van der Waals surface area (Å²) in [6, 6.07) is 15.4. The van der Waals surface area contributed by atoms with Gasteiger partial charge >= 0.3 is 0 Å². The summed E-state index contributed by atoms with van der Waals surface area (Å²) in [7, 11) is 0. The Morgan fingerprint density at radius 3 is 2.71 bits per heavy atom. The number of benzene rings is 1. The first kappa shape index (κ1) is 14.6. The van der Waals surface area contributed by atoms with Gasteiger partial charge < -0.3 is 4.90 Å². The van der Waals surface area contributed by atoms with E-state index in [2.05, 4.69) is 15.3 Å². The molecule has 0 N–H and O–H groups in total. The number of hydrogen-bond acceptors (Lipinski definition) is 4. The molecular weight excluding hydrogens is 302 g/mol. The van der Waals surface area contributed by atoms with Crippen molar-refractivity contribution in [1.82, 2.24) is 24.9 Å². The highest BCUT2D eigenvalue weighted by Gasteiger charge is 2.33. The fourth-order valence-corrected chi connectivity index (χ4v) is 3.18. The van der Waals surface area contributed by atoms with E-state index < -0.39 is 0 Å². The lowest BCUT2D eigenvalue weighted by molar-refractivity contribution is 0.0723. The van der Waals surface area contributed by atoms with Crippen LogP contribution in [0.25, 0.3) is 5.69 Å². The minimum atomic E-state index is -0.0583. The Kier molecular flexibility index (Phi) is 3.78. The van der Waals surface area contributed by atoms with Gasteiger partial charge in [-0.15, -0.1) is 5.10 Å². The third kappa shape index (κ3) is 2.56. The third-order valence-electron chi connectivity index (χ3n) is 4.31. The quantitative estimate of drug-likeness (QED) is 0.744. The molecule has 1 saturated heterocycles. The molecule has 1 aliphatic heterocycles. The average molecular weight is 319 g/mol. The van der Waals surface area contributed by atoms with Gasteiger partial charge in [0.25, 0.3) is 5.91 Å². The fourth-order valence-electron chi connectivity index (χ4n) is 3.18. The number of likely N-dealkylation sites (tertiary alicyclic amines) is 1. The van der Waals surface area contributed by atoms with Crippen LogP contribution in [0.15, 0.2) is 60.9 Å². The van der Waals surface area contributed by atoms with Crippen LogP contribution in [0.4, 0.5) is 0 Å². The molecule has 6 nitrogen and oxygen atoms in total. The lowest BCUT2D eigenvalue weighted by atomic mass is 10.1. The van der Waals surface area contributed by atoms with Crippen LogP contribution in [-0.2, 0) is 0 Å². The van der Waals surface area contributed by atoms with Gasteiger partial charge in [0.2, 0.25) is 0 Å². The zero-order chi connectivity index (χ0) is 16.4. The largest absolute Gasteiger partial charge is 0.329 e. The molecule has 0 saturated carbocycles. The number of pyridine rings is 1. The van der Waals surface area contributed by atoms with Crippen LogP contribution < -0.4 is 0 Å². The van der Waals surface area contributed by atoms with Crippen molar-refractivity contribution < 1.29 is 4.79 Å². The smallest absolute Gasteiger partial charge is 0.274 e. The van der Waals surface area contributed by atoms with Crippen molar-refractivity contribution in [1.29, 1.82) is 0 Å². The van der Waals surface area contributed by atoms with E-state index in [1.165, 1.54) is 6.20 Å². The highest BCUT2D eigenvalue weighted by Crippen LogP contribution is 2.32. The Morgan fingerprint density at radius 1 is 1.08 bits per heavy atom. The topological polar surface area (TPSA) is 63.9 Å². The van der Waals surface area contributed by atoms with Gasteiger partial charge in [-0.2, -0.15) is 0 Å². The summed E-state index contributed by atoms with van der Waals surface area (Å²) in [5.74, 6) is -0.0583. The Hall–Kier alpha value is -3.02. The van der Waals surface area contributed by atoms with Crippen molar-refractivity contribution >= 4 is 5.91 Å². The number of rotatable bonds is 3. The number of carbonyl (C=O) groups excluding carboxylic acids is 1. The number of aromatic nitrogens is 4. The molecule has 120 valence electrons. The number of nitrogens with zero attached hydrogens (tertiary/aromatic N) is 5. The Morgan fingerprint density at radius 2 is 1.92 bits per heavy atom. The standard InChI is InChI=1S/C18H17N5O/c24-18(17-13-20-21-23(17)14-7-2-1-3-8-14)22-12-6-10-16(22)15-9-4-5-11-19-15/h1-5,7-9,11,13,16H,6,10,12H2. The van der Waals surface area contributed by atoms with Gasteiger partial charge in [0.05, 0.1) is 23.6 Å². The van der Waals surface area contributed by atoms with Crippen LogP contribution in [-0.4, -0.2) is 37.3 Å². The second kappa shape index (κ2) is 6.23. The van der Waals surface area contributed by atoms with Gasteiger partial charge in [-0.05, 0) is 37.1 Å². The minimum absolute atomic E-state index is 0.0119. The van der Waals surface area contributed by atoms with Gasteiger partial charge in [-0.1, -0.05) is 29.5 Å². The predicted molar refractivity (Wildman–Crippen MR) is 88.6 cm³/mol. The SMILES string of the molecule is O=C(c1cnnn1-c1ccccc1)N1CCCC1c1ccccn1. The molecule has 1 aliphatic rings. The molecule has 3 aromatic rings. The summed E-state index contributed by atoms with van der Waals surface area (Å²) < 4.78 is 1.59.